The van der Waals surface area contributed by atoms with Crippen LogP contribution in [0.15, 0.2) is 182 Å². The normalized spacial score (nSPS) is 11.9. The average molecular weight is 747 g/mol. The Morgan fingerprint density at radius 3 is 1.95 bits per heavy atom. The van der Waals surface area contributed by atoms with Crippen LogP contribution >= 0.6 is 11.3 Å². The minimum absolute atomic E-state index is 0.630. The number of rotatable bonds is 5. The van der Waals surface area contributed by atoms with E-state index < -0.39 is 0 Å². The molecule has 0 atom stereocenters. The summed E-state index contributed by atoms with van der Waals surface area (Å²) in [6.45, 7) is 0. The fraction of sp³-hybridized carbons (Fsp3) is 0. The van der Waals surface area contributed by atoms with Crippen LogP contribution in [0.3, 0.4) is 0 Å². The Morgan fingerprint density at radius 2 is 1.07 bits per heavy atom. The molecule has 0 aliphatic heterocycles. The van der Waals surface area contributed by atoms with Gasteiger partial charge in [0, 0.05) is 76.0 Å². The van der Waals surface area contributed by atoms with E-state index >= 15 is 0 Å². The Kier molecular flexibility index (Phi) is 7.00. The second-order valence-electron chi connectivity index (χ2n) is 14.3. The number of thiophene rings is 1. The number of pyridine rings is 1. The lowest BCUT2D eigenvalue weighted by Crippen LogP contribution is -2.00. The van der Waals surface area contributed by atoms with Crippen molar-refractivity contribution in [2.24, 2.45) is 0 Å². The third-order valence-electron chi connectivity index (χ3n) is 11.0. The lowest BCUT2D eigenvalue weighted by atomic mass is 10.1. The van der Waals surface area contributed by atoms with E-state index in [-0.39, 0.29) is 0 Å². The maximum atomic E-state index is 5.26. The zero-order valence-corrected chi connectivity index (χ0v) is 31.2. The molecule has 0 N–H and O–H groups in total. The van der Waals surface area contributed by atoms with Crippen molar-refractivity contribution in [1.82, 2.24) is 29.1 Å². The smallest absolute Gasteiger partial charge is 0.164 e. The van der Waals surface area contributed by atoms with Crippen LogP contribution in [-0.2, 0) is 0 Å². The van der Waals surface area contributed by atoms with Crippen LogP contribution in [0.25, 0.3) is 109 Å². The second-order valence-corrected chi connectivity index (χ2v) is 15.4. The van der Waals surface area contributed by atoms with Gasteiger partial charge in [0.1, 0.15) is 5.65 Å². The van der Waals surface area contributed by atoms with E-state index in [4.69, 9.17) is 19.9 Å². The number of hydrogen-bond donors (Lipinski definition) is 0. The molecule has 0 spiro atoms. The molecule has 5 heterocycles. The first-order valence-electron chi connectivity index (χ1n) is 19.0. The molecule has 12 aromatic rings. The molecular formula is C50H30N6S. The summed E-state index contributed by atoms with van der Waals surface area (Å²) in [6, 6.07) is 61.8. The van der Waals surface area contributed by atoms with Gasteiger partial charge in [-0.3, -0.25) is 4.57 Å². The van der Waals surface area contributed by atoms with Crippen LogP contribution < -0.4 is 0 Å². The van der Waals surface area contributed by atoms with Crippen LogP contribution in [0.2, 0.25) is 0 Å². The number of fused-ring (bicyclic) bond motifs is 9. The molecule has 5 aromatic heterocycles. The van der Waals surface area contributed by atoms with Crippen molar-refractivity contribution < 1.29 is 0 Å². The lowest BCUT2D eigenvalue weighted by molar-refractivity contribution is 1.08. The standard InChI is InChI=1S/C50H30N6S/c1-3-13-31(14-4-1)47-52-48(54-49(53-47)39-19-11-23-45-46(39)38-18-8-10-22-44(38)57-45)32-24-27-42-40(29-32)36-26-25-34(30-43(36)55(42)33-15-5-2-6-16-33)56-41-21-9-7-17-35(41)37-20-12-28-51-50(37)56/h1-30H. The Morgan fingerprint density at radius 1 is 0.386 bits per heavy atom. The molecule has 266 valence electrons. The molecule has 0 aliphatic carbocycles. The summed E-state index contributed by atoms with van der Waals surface area (Å²) in [5.74, 6) is 1.93. The van der Waals surface area contributed by atoms with Crippen LogP contribution in [-0.4, -0.2) is 29.1 Å². The minimum Gasteiger partial charge on any atom is -0.309 e. The second kappa shape index (κ2) is 12.5. The van der Waals surface area contributed by atoms with Crippen molar-refractivity contribution in [1.29, 1.82) is 0 Å². The highest BCUT2D eigenvalue weighted by Crippen LogP contribution is 2.41. The molecule has 0 aliphatic rings. The first-order chi connectivity index (χ1) is 28.3. The van der Waals surface area contributed by atoms with E-state index in [1.807, 2.05) is 30.5 Å². The molecule has 7 heteroatoms. The topological polar surface area (TPSA) is 61.4 Å². The molecule has 0 radical (unpaired) electrons. The van der Waals surface area contributed by atoms with Crippen LogP contribution in [0.4, 0.5) is 0 Å². The number of nitrogens with zero attached hydrogens (tertiary/aromatic N) is 6. The maximum absolute atomic E-state index is 5.26. The number of hydrogen-bond acceptors (Lipinski definition) is 5. The first-order valence-corrected chi connectivity index (χ1v) is 19.8. The van der Waals surface area contributed by atoms with E-state index in [2.05, 4.69) is 161 Å². The minimum atomic E-state index is 0.630. The van der Waals surface area contributed by atoms with Crippen molar-refractivity contribution >= 4 is 75.3 Å². The molecule has 57 heavy (non-hydrogen) atoms. The number of para-hydroxylation sites is 2. The summed E-state index contributed by atoms with van der Waals surface area (Å²) < 4.78 is 7.09. The van der Waals surface area contributed by atoms with Gasteiger partial charge in [-0.25, -0.2) is 19.9 Å². The van der Waals surface area contributed by atoms with Crippen molar-refractivity contribution in [2.75, 3.05) is 0 Å². The Labute approximate surface area is 330 Å². The van der Waals surface area contributed by atoms with Gasteiger partial charge in [0.2, 0.25) is 0 Å². The number of aromatic nitrogens is 6. The van der Waals surface area contributed by atoms with Crippen molar-refractivity contribution in [2.45, 2.75) is 0 Å². The summed E-state index contributed by atoms with van der Waals surface area (Å²) in [5.41, 5.74) is 9.28. The fourth-order valence-corrected chi connectivity index (χ4v) is 9.63. The summed E-state index contributed by atoms with van der Waals surface area (Å²) in [6.07, 6.45) is 1.87. The molecular weight excluding hydrogens is 717 g/mol. The molecule has 0 fully saturated rings. The Balaban J connectivity index is 1.10. The monoisotopic (exact) mass is 746 g/mol. The largest absolute Gasteiger partial charge is 0.309 e. The zero-order chi connectivity index (χ0) is 37.5. The molecule has 12 rings (SSSR count). The van der Waals surface area contributed by atoms with Gasteiger partial charge in [0.25, 0.3) is 0 Å². The Bertz CT molecular complexity index is 3470. The van der Waals surface area contributed by atoms with Gasteiger partial charge in [-0.15, -0.1) is 11.3 Å². The SMILES string of the molecule is c1ccc(-c2nc(-c3ccc4c(c3)c3ccc(-n5c6ccccc6c6cccnc65)cc3n4-c3ccccc3)nc(-c3cccc4sc5ccccc5c34)n2)cc1. The highest BCUT2D eigenvalue weighted by Gasteiger charge is 2.20. The summed E-state index contributed by atoms with van der Waals surface area (Å²) in [7, 11) is 0. The highest BCUT2D eigenvalue weighted by molar-refractivity contribution is 7.25. The first kappa shape index (κ1) is 31.8. The van der Waals surface area contributed by atoms with Crippen LogP contribution in [0.5, 0.6) is 0 Å². The third-order valence-corrected chi connectivity index (χ3v) is 12.2. The molecule has 0 saturated heterocycles. The lowest BCUT2D eigenvalue weighted by Gasteiger charge is -2.11. The summed E-state index contributed by atoms with van der Waals surface area (Å²) in [4.78, 5) is 20.4. The summed E-state index contributed by atoms with van der Waals surface area (Å²) in [5, 5.41) is 6.96. The summed E-state index contributed by atoms with van der Waals surface area (Å²) >= 11 is 1.80. The van der Waals surface area contributed by atoms with Crippen LogP contribution in [0.1, 0.15) is 0 Å². The molecule has 6 nitrogen and oxygen atoms in total. The number of benzene rings is 7. The Hall–Kier alpha value is -7.48. The molecule has 0 saturated carbocycles. The van der Waals surface area contributed by atoms with Gasteiger partial charge in [0.15, 0.2) is 17.5 Å². The van der Waals surface area contributed by atoms with Crippen LogP contribution in [0, 0.1) is 0 Å². The van der Waals surface area contributed by atoms with Gasteiger partial charge in [-0.2, -0.15) is 0 Å². The van der Waals surface area contributed by atoms with Gasteiger partial charge < -0.3 is 4.57 Å². The van der Waals surface area contributed by atoms with Gasteiger partial charge in [0.05, 0.1) is 16.6 Å². The van der Waals surface area contributed by atoms with Crippen molar-refractivity contribution in [3.63, 3.8) is 0 Å². The highest BCUT2D eigenvalue weighted by atomic mass is 32.1. The van der Waals surface area contributed by atoms with E-state index in [0.717, 1.165) is 66.4 Å². The quantitative estimate of drug-likeness (QED) is 0.176. The van der Waals surface area contributed by atoms with E-state index in [9.17, 15) is 0 Å². The van der Waals surface area contributed by atoms with E-state index in [0.29, 0.717) is 17.5 Å². The van der Waals surface area contributed by atoms with Gasteiger partial charge in [-0.05, 0) is 72.8 Å². The fourth-order valence-electron chi connectivity index (χ4n) is 8.50. The predicted octanol–water partition coefficient (Wildman–Crippen LogP) is 12.8. The zero-order valence-electron chi connectivity index (χ0n) is 30.4. The van der Waals surface area contributed by atoms with E-state index in [1.54, 1.807) is 11.3 Å². The maximum Gasteiger partial charge on any atom is 0.164 e. The third kappa shape index (κ3) is 4.96. The van der Waals surface area contributed by atoms with Gasteiger partial charge >= 0.3 is 0 Å². The van der Waals surface area contributed by atoms with E-state index in [1.165, 1.54) is 25.6 Å². The molecule has 7 aromatic carbocycles. The average Bonchev–Trinajstić information content (AvgIpc) is 3.94. The molecule has 0 bridgehead atoms. The molecule has 0 amide bonds. The predicted molar refractivity (Wildman–Crippen MR) is 235 cm³/mol. The van der Waals surface area contributed by atoms with Crippen molar-refractivity contribution in [3.05, 3.63) is 182 Å². The molecule has 0 unspecified atom stereocenters. The van der Waals surface area contributed by atoms with Gasteiger partial charge in [-0.1, -0.05) is 103 Å². The van der Waals surface area contributed by atoms with Crippen molar-refractivity contribution in [3.8, 4) is 45.5 Å².